The van der Waals surface area contributed by atoms with Crippen molar-refractivity contribution in [1.29, 1.82) is 0 Å². The maximum absolute atomic E-state index is 12.3. The molecule has 5 nitrogen and oxygen atoms in total. The van der Waals surface area contributed by atoms with Gasteiger partial charge in [-0.2, -0.15) is 8.42 Å². The van der Waals surface area contributed by atoms with E-state index >= 15 is 0 Å². The number of benzene rings is 1. The van der Waals surface area contributed by atoms with Crippen molar-refractivity contribution in [3.63, 3.8) is 0 Å². The number of hydrogen-bond acceptors (Lipinski definition) is 4. The van der Waals surface area contributed by atoms with Crippen LogP contribution in [0.2, 0.25) is 0 Å². The Morgan fingerprint density at radius 1 is 1.00 bits per heavy atom. The molecule has 0 saturated carbocycles. The number of sulfonamides is 1. The van der Waals surface area contributed by atoms with Crippen molar-refractivity contribution in [1.82, 2.24) is 4.98 Å². The normalized spacial score (nSPS) is 16.7. The molecule has 0 radical (unpaired) electrons. The maximum Gasteiger partial charge on any atom is 0.285 e. The Labute approximate surface area is 123 Å². The molecule has 21 heavy (non-hydrogen) atoms. The first kappa shape index (κ1) is 13.5. The van der Waals surface area contributed by atoms with Gasteiger partial charge < -0.3 is 5.32 Å². The van der Waals surface area contributed by atoms with E-state index in [0.717, 1.165) is 0 Å². The zero-order valence-corrected chi connectivity index (χ0v) is 12.1. The smallest absolute Gasteiger partial charge is 0.285 e. The summed E-state index contributed by atoms with van der Waals surface area (Å²) in [6.45, 7) is 1.74. The van der Waals surface area contributed by atoms with Crippen LogP contribution >= 0.6 is 0 Å². The first-order valence-electron chi connectivity index (χ1n) is 6.37. The summed E-state index contributed by atoms with van der Waals surface area (Å²) >= 11 is 0. The summed E-state index contributed by atoms with van der Waals surface area (Å²) in [5.74, 6) is 0.868. The van der Waals surface area contributed by atoms with E-state index in [1.165, 1.54) is 0 Å². The van der Waals surface area contributed by atoms with Crippen molar-refractivity contribution in [2.75, 3.05) is 5.32 Å². The Bertz CT molecular complexity index is 826. The number of amidine groups is 1. The second-order valence-corrected chi connectivity index (χ2v) is 6.12. The lowest BCUT2D eigenvalue weighted by atomic mass is 10.1. The third kappa shape index (κ3) is 2.57. The van der Waals surface area contributed by atoms with Gasteiger partial charge in [-0.25, -0.2) is 4.98 Å². The molecule has 3 rings (SSSR count). The van der Waals surface area contributed by atoms with Gasteiger partial charge in [0.25, 0.3) is 10.0 Å². The fraction of sp³-hybridized carbons (Fsp3) is 0.0667. The second kappa shape index (κ2) is 5.14. The molecule has 0 amide bonds. The molecule has 1 aromatic carbocycles. The van der Waals surface area contributed by atoms with Crippen LogP contribution < -0.4 is 5.32 Å². The number of nitrogens with one attached hydrogen (secondary N) is 1. The molecular formula is C15H13N3O2S. The monoisotopic (exact) mass is 299 g/mol. The average molecular weight is 299 g/mol. The molecule has 6 heteroatoms. The van der Waals surface area contributed by atoms with E-state index in [9.17, 15) is 8.42 Å². The number of rotatable bonds is 2. The predicted octanol–water partition coefficient (Wildman–Crippen LogP) is 2.67. The van der Waals surface area contributed by atoms with Gasteiger partial charge in [-0.3, -0.25) is 0 Å². The molecule has 0 bridgehead atoms. The van der Waals surface area contributed by atoms with Crippen molar-refractivity contribution in [2.45, 2.75) is 6.92 Å². The molecule has 0 aliphatic carbocycles. The van der Waals surface area contributed by atoms with Crippen molar-refractivity contribution in [3.05, 3.63) is 65.9 Å². The second-order valence-electron chi connectivity index (χ2n) is 4.58. The zero-order chi connectivity index (χ0) is 14.9. The van der Waals surface area contributed by atoms with E-state index in [2.05, 4.69) is 14.7 Å². The minimum atomic E-state index is -3.68. The molecule has 2 aromatic rings. The van der Waals surface area contributed by atoms with Gasteiger partial charge in [0.05, 0.1) is 0 Å². The van der Waals surface area contributed by atoms with Gasteiger partial charge in [0.2, 0.25) is 0 Å². The highest BCUT2D eigenvalue weighted by atomic mass is 32.2. The SMILES string of the molecule is CC1=C(c2ccccc2)S(=O)(=O)N=C1Nc1ccccn1. The first-order chi connectivity index (χ1) is 10.1. The minimum Gasteiger partial charge on any atom is -0.324 e. The van der Waals surface area contributed by atoms with E-state index in [1.807, 2.05) is 12.1 Å². The number of anilines is 1. The average Bonchev–Trinajstić information content (AvgIpc) is 2.70. The Balaban J connectivity index is 2.03. The fourth-order valence-corrected chi connectivity index (χ4v) is 3.60. The molecule has 106 valence electrons. The van der Waals surface area contributed by atoms with Crippen LogP contribution in [-0.4, -0.2) is 19.2 Å². The van der Waals surface area contributed by atoms with E-state index in [-0.39, 0.29) is 4.91 Å². The number of pyridine rings is 1. The largest absolute Gasteiger partial charge is 0.324 e. The van der Waals surface area contributed by atoms with Crippen LogP contribution in [0.25, 0.3) is 4.91 Å². The molecule has 1 N–H and O–H groups in total. The topological polar surface area (TPSA) is 71.4 Å². The summed E-state index contributed by atoms with van der Waals surface area (Å²) in [4.78, 5) is 4.35. The molecule has 0 unspecified atom stereocenters. The molecule has 1 aromatic heterocycles. The standard InChI is InChI=1S/C15H13N3O2S/c1-11-14(12-7-3-2-4-8-12)21(19,20)18-15(11)17-13-9-5-6-10-16-13/h2-10H,1H3,(H,16,17,18). The number of aromatic nitrogens is 1. The van der Waals surface area contributed by atoms with E-state index < -0.39 is 10.0 Å². The van der Waals surface area contributed by atoms with Crippen LogP contribution in [0, 0.1) is 0 Å². The van der Waals surface area contributed by atoms with Crippen LogP contribution in [0.5, 0.6) is 0 Å². The van der Waals surface area contributed by atoms with Crippen LogP contribution in [0.3, 0.4) is 0 Å². The highest BCUT2D eigenvalue weighted by Crippen LogP contribution is 2.32. The maximum atomic E-state index is 12.3. The van der Waals surface area contributed by atoms with Crippen LogP contribution in [0.1, 0.15) is 12.5 Å². The molecule has 0 fully saturated rings. The Morgan fingerprint density at radius 2 is 1.71 bits per heavy atom. The first-order valence-corrected chi connectivity index (χ1v) is 7.81. The summed E-state index contributed by atoms with van der Waals surface area (Å²) in [5.41, 5.74) is 1.23. The molecule has 1 aliphatic rings. The quantitative estimate of drug-likeness (QED) is 0.925. The number of hydrogen-bond donors (Lipinski definition) is 1. The van der Waals surface area contributed by atoms with Crippen molar-refractivity contribution < 1.29 is 8.42 Å². The molecule has 2 heterocycles. The van der Waals surface area contributed by atoms with Crippen molar-refractivity contribution in [2.24, 2.45) is 4.40 Å². The van der Waals surface area contributed by atoms with Crippen molar-refractivity contribution >= 4 is 26.6 Å². The minimum absolute atomic E-state index is 0.238. The van der Waals surface area contributed by atoms with Gasteiger partial charge in [0.1, 0.15) is 16.6 Å². The van der Waals surface area contributed by atoms with E-state index in [1.54, 1.807) is 49.5 Å². The van der Waals surface area contributed by atoms with Gasteiger partial charge in [-0.05, 0) is 24.6 Å². The van der Waals surface area contributed by atoms with E-state index in [0.29, 0.717) is 22.8 Å². The molecule has 0 spiro atoms. The fourth-order valence-electron chi connectivity index (χ4n) is 2.16. The van der Waals surface area contributed by atoms with Crippen LogP contribution in [0.4, 0.5) is 5.82 Å². The Morgan fingerprint density at radius 3 is 2.38 bits per heavy atom. The van der Waals surface area contributed by atoms with Crippen molar-refractivity contribution in [3.8, 4) is 0 Å². The summed E-state index contributed by atoms with van der Waals surface area (Å²) < 4.78 is 28.4. The van der Waals surface area contributed by atoms with Gasteiger partial charge >= 0.3 is 0 Å². The molecular weight excluding hydrogens is 286 g/mol. The lowest BCUT2D eigenvalue weighted by molar-refractivity contribution is 0.608. The highest BCUT2D eigenvalue weighted by molar-refractivity contribution is 8.00. The highest BCUT2D eigenvalue weighted by Gasteiger charge is 2.30. The summed E-state index contributed by atoms with van der Waals surface area (Å²) in [5, 5.41) is 2.95. The van der Waals surface area contributed by atoms with Crippen LogP contribution in [-0.2, 0) is 10.0 Å². The van der Waals surface area contributed by atoms with Gasteiger partial charge in [0.15, 0.2) is 0 Å². The molecule has 1 aliphatic heterocycles. The zero-order valence-electron chi connectivity index (χ0n) is 11.3. The summed E-state index contributed by atoms with van der Waals surface area (Å²) in [7, 11) is -3.68. The lowest BCUT2D eigenvalue weighted by Gasteiger charge is -2.05. The Kier molecular flexibility index (Phi) is 3.31. The van der Waals surface area contributed by atoms with Gasteiger partial charge in [-0.15, -0.1) is 4.40 Å². The third-order valence-electron chi connectivity index (χ3n) is 3.11. The lowest BCUT2D eigenvalue weighted by Crippen LogP contribution is -2.12. The third-order valence-corrected chi connectivity index (χ3v) is 4.59. The predicted molar refractivity (Wildman–Crippen MR) is 83.3 cm³/mol. The van der Waals surface area contributed by atoms with E-state index in [4.69, 9.17) is 0 Å². The molecule has 0 atom stereocenters. The van der Waals surface area contributed by atoms with Crippen LogP contribution in [0.15, 0.2) is 64.7 Å². The summed E-state index contributed by atoms with van der Waals surface area (Å²) in [6, 6.07) is 14.3. The Hall–Kier alpha value is -2.47. The summed E-state index contributed by atoms with van der Waals surface area (Å²) in [6.07, 6.45) is 1.63. The number of nitrogens with zero attached hydrogens (tertiary/aromatic N) is 2. The van der Waals surface area contributed by atoms with Gasteiger partial charge in [-0.1, -0.05) is 36.4 Å². The molecule has 0 saturated heterocycles. The van der Waals surface area contributed by atoms with Gasteiger partial charge in [0, 0.05) is 11.8 Å².